The van der Waals surface area contributed by atoms with E-state index in [2.05, 4.69) is 41.5 Å². The van der Waals surface area contributed by atoms with E-state index in [1.807, 2.05) is 13.8 Å². The lowest BCUT2D eigenvalue weighted by molar-refractivity contribution is -0.142. The molecule has 0 aromatic carbocycles. The van der Waals surface area contributed by atoms with Gasteiger partial charge >= 0.3 is 0 Å². The fourth-order valence-corrected chi connectivity index (χ4v) is 3.35. The van der Waals surface area contributed by atoms with Gasteiger partial charge in [-0.25, -0.2) is 0 Å². The van der Waals surface area contributed by atoms with Gasteiger partial charge in [-0.1, -0.05) is 55.4 Å². The molecule has 1 heteroatoms. The minimum atomic E-state index is -0.159. The van der Waals surface area contributed by atoms with Gasteiger partial charge in [-0.05, 0) is 17.8 Å². The van der Waals surface area contributed by atoms with Crippen molar-refractivity contribution in [3.05, 3.63) is 0 Å². The molecule has 0 aliphatic heterocycles. The van der Waals surface area contributed by atoms with Crippen LogP contribution < -0.4 is 0 Å². The molecule has 15 heavy (non-hydrogen) atoms. The SMILES string of the molecule is CC(C)C(=O)C(C(C)C)(C(C)C)C(C)C. The Balaban J connectivity index is 5.43. The normalized spacial score (nSPS) is 13.3. The Morgan fingerprint density at radius 3 is 1.07 bits per heavy atom. The van der Waals surface area contributed by atoms with Crippen LogP contribution in [0.25, 0.3) is 0 Å². The zero-order chi connectivity index (χ0) is 12.4. The number of hydrogen-bond acceptors (Lipinski definition) is 1. The van der Waals surface area contributed by atoms with Gasteiger partial charge in [0.25, 0.3) is 0 Å². The summed E-state index contributed by atoms with van der Waals surface area (Å²) >= 11 is 0. The first kappa shape index (κ1) is 14.7. The fourth-order valence-electron chi connectivity index (χ4n) is 3.35. The van der Waals surface area contributed by atoms with E-state index in [0.717, 1.165) is 0 Å². The van der Waals surface area contributed by atoms with E-state index in [-0.39, 0.29) is 11.3 Å². The van der Waals surface area contributed by atoms with E-state index < -0.39 is 0 Å². The third kappa shape index (κ3) is 2.43. The lowest BCUT2D eigenvalue weighted by Gasteiger charge is -2.44. The molecule has 0 spiro atoms. The number of carbonyl (C=O) groups excluding carboxylic acids is 1. The molecule has 0 atom stereocenters. The summed E-state index contributed by atoms with van der Waals surface area (Å²) in [4.78, 5) is 12.5. The Morgan fingerprint density at radius 2 is 1.00 bits per heavy atom. The highest BCUT2D eigenvalue weighted by Crippen LogP contribution is 2.45. The number of hydrogen-bond donors (Lipinski definition) is 0. The quantitative estimate of drug-likeness (QED) is 0.668. The largest absolute Gasteiger partial charge is 0.299 e. The van der Waals surface area contributed by atoms with Gasteiger partial charge in [0.1, 0.15) is 5.78 Å². The Kier molecular flexibility index (Phi) is 5.02. The van der Waals surface area contributed by atoms with Crippen molar-refractivity contribution in [3.8, 4) is 0 Å². The highest BCUT2D eigenvalue weighted by molar-refractivity contribution is 5.87. The number of ketones is 1. The molecule has 0 N–H and O–H groups in total. The number of carbonyl (C=O) groups is 1. The molecule has 0 saturated heterocycles. The second kappa shape index (κ2) is 5.14. The summed E-state index contributed by atoms with van der Waals surface area (Å²) in [6.45, 7) is 17.1. The van der Waals surface area contributed by atoms with Gasteiger partial charge < -0.3 is 0 Å². The maximum absolute atomic E-state index is 12.5. The molecular formula is C14H28O. The summed E-state index contributed by atoms with van der Waals surface area (Å²) in [5, 5.41) is 0. The molecule has 1 nitrogen and oxygen atoms in total. The molecule has 0 aromatic rings. The van der Waals surface area contributed by atoms with E-state index in [1.165, 1.54) is 0 Å². The minimum absolute atomic E-state index is 0.136. The van der Waals surface area contributed by atoms with Crippen molar-refractivity contribution in [3.63, 3.8) is 0 Å². The van der Waals surface area contributed by atoms with Crippen molar-refractivity contribution < 1.29 is 4.79 Å². The molecule has 0 bridgehead atoms. The van der Waals surface area contributed by atoms with Crippen LogP contribution in [0.4, 0.5) is 0 Å². The summed E-state index contributed by atoms with van der Waals surface area (Å²) in [7, 11) is 0. The molecule has 0 unspecified atom stereocenters. The van der Waals surface area contributed by atoms with Crippen molar-refractivity contribution >= 4 is 5.78 Å². The predicted octanol–water partition coefficient (Wildman–Crippen LogP) is 4.17. The second-order valence-corrected chi connectivity index (χ2v) is 5.92. The van der Waals surface area contributed by atoms with Crippen LogP contribution in [0.2, 0.25) is 0 Å². The van der Waals surface area contributed by atoms with Gasteiger partial charge in [0.2, 0.25) is 0 Å². The molecule has 0 fully saturated rings. The average Bonchev–Trinajstić information content (AvgIpc) is 2.02. The number of Topliss-reactive ketones (excluding diaryl/α,β-unsaturated/α-hetero) is 1. The van der Waals surface area contributed by atoms with Crippen LogP contribution >= 0.6 is 0 Å². The van der Waals surface area contributed by atoms with Crippen molar-refractivity contribution in [2.75, 3.05) is 0 Å². The standard InChI is InChI=1S/C14H28O/c1-9(2)13(15)14(10(3)4,11(5)6)12(7)8/h9-12H,1-8H3. The first-order valence-corrected chi connectivity index (χ1v) is 6.23. The molecule has 0 amide bonds. The van der Waals surface area contributed by atoms with Crippen LogP contribution in [0.1, 0.15) is 55.4 Å². The highest BCUT2D eigenvalue weighted by atomic mass is 16.1. The Morgan fingerprint density at radius 1 is 0.733 bits per heavy atom. The first-order chi connectivity index (χ1) is 6.68. The maximum Gasteiger partial charge on any atom is 0.142 e. The lowest BCUT2D eigenvalue weighted by atomic mass is 9.58. The van der Waals surface area contributed by atoms with Crippen molar-refractivity contribution in [1.82, 2.24) is 0 Å². The molecule has 0 radical (unpaired) electrons. The summed E-state index contributed by atoms with van der Waals surface area (Å²) in [5.74, 6) is 1.80. The predicted molar refractivity (Wildman–Crippen MR) is 66.8 cm³/mol. The van der Waals surface area contributed by atoms with Gasteiger partial charge in [-0.3, -0.25) is 4.79 Å². The molecule has 0 rings (SSSR count). The smallest absolute Gasteiger partial charge is 0.142 e. The summed E-state index contributed by atoms with van der Waals surface area (Å²) in [6, 6.07) is 0. The van der Waals surface area contributed by atoms with Crippen LogP contribution in [-0.4, -0.2) is 5.78 Å². The van der Waals surface area contributed by atoms with E-state index in [9.17, 15) is 4.79 Å². The van der Waals surface area contributed by atoms with Crippen LogP contribution in [0.3, 0.4) is 0 Å². The Bertz CT molecular complexity index is 190. The van der Waals surface area contributed by atoms with Crippen LogP contribution in [-0.2, 0) is 4.79 Å². The van der Waals surface area contributed by atoms with Crippen molar-refractivity contribution in [1.29, 1.82) is 0 Å². The Hall–Kier alpha value is -0.330. The summed E-state index contributed by atoms with van der Waals surface area (Å²) in [6.07, 6.45) is 0. The minimum Gasteiger partial charge on any atom is -0.299 e. The van der Waals surface area contributed by atoms with Crippen molar-refractivity contribution in [2.24, 2.45) is 29.1 Å². The topological polar surface area (TPSA) is 17.1 Å². The fraction of sp³-hybridized carbons (Fsp3) is 0.929. The number of rotatable bonds is 5. The van der Waals surface area contributed by atoms with Gasteiger partial charge in [-0.2, -0.15) is 0 Å². The van der Waals surface area contributed by atoms with Gasteiger partial charge in [0.05, 0.1) is 0 Å². The van der Waals surface area contributed by atoms with E-state index in [0.29, 0.717) is 23.5 Å². The van der Waals surface area contributed by atoms with E-state index in [1.54, 1.807) is 0 Å². The molecule has 0 heterocycles. The summed E-state index contributed by atoms with van der Waals surface area (Å²) < 4.78 is 0. The third-order valence-corrected chi connectivity index (χ3v) is 3.82. The molecular weight excluding hydrogens is 184 g/mol. The van der Waals surface area contributed by atoms with Gasteiger partial charge in [0.15, 0.2) is 0 Å². The van der Waals surface area contributed by atoms with Gasteiger partial charge in [0, 0.05) is 11.3 Å². The lowest BCUT2D eigenvalue weighted by Crippen LogP contribution is -2.47. The monoisotopic (exact) mass is 212 g/mol. The van der Waals surface area contributed by atoms with Crippen LogP contribution in [0.5, 0.6) is 0 Å². The molecule has 90 valence electrons. The second-order valence-electron chi connectivity index (χ2n) is 5.92. The zero-order valence-electron chi connectivity index (χ0n) is 11.7. The van der Waals surface area contributed by atoms with E-state index >= 15 is 0 Å². The molecule has 0 saturated carbocycles. The van der Waals surface area contributed by atoms with Crippen LogP contribution in [0, 0.1) is 29.1 Å². The molecule has 0 aromatic heterocycles. The first-order valence-electron chi connectivity index (χ1n) is 6.23. The molecule has 0 aliphatic carbocycles. The van der Waals surface area contributed by atoms with Crippen LogP contribution in [0.15, 0.2) is 0 Å². The van der Waals surface area contributed by atoms with Crippen molar-refractivity contribution in [2.45, 2.75) is 55.4 Å². The van der Waals surface area contributed by atoms with Gasteiger partial charge in [-0.15, -0.1) is 0 Å². The zero-order valence-corrected chi connectivity index (χ0v) is 11.7. The third-order valence-electron chi connectivity index (χ3n) is 3.82. The molecule has 0 aliphatic rings. The Labute approximate surface area is 95.6 Å². The van der Waals surface area contributed by atoms with E-state index in [4.69, 9.17) is 0 Å². The average molecular weight is 212 g/mol. The maximum atomic E-state index is 12.5. The highest BCUT2D eigenvalue weighted by Gasteiger charge is 2.46. The summed E-state index contributed by atoms with van der Waals surface area (Å²) in [5.41, 5.74) is -0.159.